The van der Waals surface area contributed by atoms with Gasteiger partial charge in [0.2, 0.25) is 0 Å². The van der Waals surface area contributed by atoms with Crippen LogP contribution >= 0.6 is 0 Å². The third-order valence-corrected chi connectivity index (χ3v) is 2.71. The van der Waals surface area contributed by atoms with Crippen LogP contribution in [0.2, 0.25) is 0 Å². The summed E-state index contributed by atoms with van der Waals surface area (Å²) in [5.74, 6) is 1.18. The summed E-state index contributed by atoms with van der Waals surface area (Å²) in [7, 11) is 1.74. The van der Waals surface area contributed by atoms with Crippen molar-refractivity contribution in [2.75, 3.05) is 7.11 Å². The zero-order valence-electron chi connectivity index (χ0n) is 10.5. The number of rotatable bonds is 4. The first kappa shape index (κ1) is 12.3. The second-order valence-electron chi connectivity index (χ2n) is 4.71. The van der Waals surface area contributed by atoms with Gasteiger partial charge in [0, 0.05) is 7.11 Å². The monoisotopic (exact) mass is 206 g/mol. The number of hydrogen-bond acceptors (Lipinski definition) is 1. The molecule has 0 aliphatic heterocycles. The molecule has 0 aliphatic rings. The molecule has 0 radical (unpaired) electrons. The van der Waals surface area contributed by atoms with Gasteiger partial charge >= 0.3 is 0 Å². The highest BCUT2D eigenvalue weighted by atomic mass is 16.5. The molecule has 0 spiro atoms. The van der Waals surface area contributed by atoms with E-state index in [4.69, 9.17) is 4.74 Å². The minimum absolute atomic E-state index is 0.583. The number of hydrogen-bond donors (Lipinski definition) is 0. The van der Waals surface area contributed by atoms with Gasteiger partial charge in [-0.15, -0.1) is 0 Å². The van der Waals surface area contributed by atoms with Crippen molar-refractivity contribution in [1.29, 1.82) is 0 Å². The van der Waals surface area contributed by atoms with E-state index in [-0.39, 0.29) is 0 Å². The molecule has 0 saturated heterocycles. The lowest BCUT2D eigenvalue weighted by molar-refractivity contribution is 0.185. The van der Waals surface area contributed by atoms with E-state index in [1.807, 2.05) is 0 Å². The van der Waals surface area contributed by atoms with Crippen molar-refractivity contribution in [2.45, 2.75) is 46.1 Å². The molecular weight excluding hydrogens is 184 g/mol. The van der Waals surface area contributed by atoms with E-state index in [1.54, 1.807) is 7.11 Å². The summed E-state index contributed by atoms with van der Waals surface area (Å²) in [6.45, 7) is 9.70. The third-order valence-electron chi connectivity index (χ3n) is 2.71. The highest BCUT2D eigenvalue weighted by molar-refractivity contribution is 5.36. The highest BCUT2D eigenvalue weighted by Gasteiger charge is 2.10. The van der Waals surface area contributed by atoms with E-state index in [1.165, 1.54) is 16.7 Å². The quantitative estimate of drug-likeness (QED) is 0.721. The van der Waals surface area contributed by atoms with Crippen molar-refractivity contribution >= 4 is 0 Å². The van der Waals surface area contributed by atoms with Crippen molar-refractivity contribution in [3.63, 3.8) is 0 Å². The van der Waals surface area contributed by atoms with Crippen LogP contribution in [0.4, 0.5) is 0 Å². The maximum Gasteiger partial charge on any atom is 0.0713 e. The molecule has 1 rings (SSSR count). The summed E-state index contributed by atoms with van der Waals surface area (Å²) in [4.78, 5) is 0. The van der Waals surface area contributed by atoms with Crippen LogP contribution in [0.1, 0.15) is 56.2 Å². The van der Waals surface area contributed by atoms with Crippen molar-refractivity contribution < 1.29 is 4.74 Å². The average Bonchev–Trinajstić information content (AvgIpc) is 2.17. The van der Waals surface area contributed by atoms with Crippen LogP contribution in [0.3, 0.4) is 0 Å². The Morgan fingerprint density at radius 2 is 1.60 bits per heavy atom. The van der Waals surface area contributed by atoms with E-state index in [0.717, 1.165) is 0 Å². The molecule has 0 saturated carbocycles. The minimum Gasteiger partial charge on any atom is -0.380 e. The van der Waals surface area contributed by atoms with Crippen LogP contribution in [0.15, 0.2) is 18.2 Å². The second kappa shape index (κ2) is 5.32. The summed E-state index contributed by atoms with van der Waals surface area (Å²) in [5, 5.41) is 0. The fourth-order valence-corrected chi connectivity index (χ4v) is 1.91. The zero-order chi connectivity index (χ0) is 11.4. The van der Waals surface area contributed by atoms with Crippen molar-refractivity contribution in [1.82, 2.24) is 0 Å². The van der Waals surface area contributed by atoms with E-state index >= 15 is 0 Å². The standard InChI is InChI=1S/C14H22O/c1-10(2)13-7-6-12(9-15-5)8-14(13)11(3)4/h6-8,10-11H,9H2,1-5H3. The topological polar surface area (TPSA) is 9.23 Å². The first-order chi connectivity index (χ1) is 7.06. The van der Waals surface area contributed by atoms with Gasteiger partial charge in [-0.1, -0.05) is 45.9 Å². The van der Waals surface area contributed by atoms with Gasteiger partial charge in [0.1, 0.15) is 0 Å². The Bertz CT molecular complexity index is 313. The van der Waals surface area contributed by atoms with E-state index in [9.17, 15) is 0 Å². The van der Waals surface area contributed by atoms with Crippen LogP contribution in [-0.4, -0.2) is 7.11 Å². The molecule has 1 heteroatoms. The third kappa shape index (κ3) is 3.07. The molecule has 1 aromatic carbocycles. The summed E-state index contributed by atoms with van der Waals surface area (Å²) in [6, 6.07) is 6.70. The Kier molecular flexibility index (Phi) is 4.34. The van der Waals surface area contributed by atoms with Gasteiger partial charge in [-0.2, -0.15) is 0 Å². The summed E-state index contributed by atoms with van der Waals surface area (Å²) >= 11 is 0. The molecule has 0 aliphatic carbocycles. The summed E-state index contributed by atoms with van der Waals surface area (Å²) < 4.78 is 5.16. The van der Waals surface area contributed by atoms with Crippen LogP contribution in [-0.2, 0) is 11.3 Å². The summed E-state index contributed by atoms with van der Waals surface area (Å²) in [6.07, 6.45) is 0. The Hall–Kier alpha value is -0.820. The first-order valence-electron chi connectivity index (χ1n) is 5.68. The van der Waals surface area contributed by atoms with Crippen LogP contribution in [0.25, 0.3) is 0 Å². The highest BCUT2D eigenvalue weighted by Crippen LogP contribution is 2.27. The van der Waals surface area contributed by atoms with Gasteiger partial charge in [0.15, 0.2) is 0 Å². The number of ether oxygens (including phenoxy) is 1. The van der Waals surface area contributed by atoms with Gasteiger partial charge in [-0.3, -0.25) is 0 Å². The Morgan fingerprint density at radius 1 is 1.00 bits per heavy atom. The number of methoxy groups -OCH3 is 1. The Labute approximate surface area is 93.5 Å². The van der Waals surface area contributed by atoms with Gasteiger partial charge in [0.05, 0.1) is 6.61 Å². The smallest absolute Gasteiger partial charge is 0.0713 e. The molecule has 1 aromatic rings. The SMILES string of the molecule is COCc1ccc(C(C)C)c(C(C)C)c1. The first-order valence-corrected chi connectivity index (χ1v) is 5.68. The fourth-order valence-electron chi connectivity index (χ4n) is 1.91. The fraction of sp³-hybridized carbons (Fsp3) is 0.571. The Balaban J connectivity index is 3.09. The molecule has 0 amide bonds. The van der Waals surface area contributed by atoms with Crippen molar-refractivity contribution in [2.24, 2.45) is 0 Å². The molecule has 0 fully saturated rings. The molecule has 0 unspecified atom stereocenters. The van der Waals surface area contributed by atoms with Gasteiger partial charge in [0.25, 0.3) is 0 Å². The lowest BCUT2D eigenvalue weighted by Gasteiger charge is -2.17. The van der Waals surface area contributed by atoms with E-state index < -0.39 is 0 Å². The largest absolute Gasteiger partial charge is 0.380 e. The molecule has 0 atom stereocenters. The van der Waals surface area contributed by atoms with Gasteiger partial charge in [-0.25, -0.2) is 0 Å². The second-order valence-corrected chi connectivity index (χ2v) is 4.71. The van der Waals surface area contributed by atoms with E-state index in [2.05, 4.69) is 45.9 Å². The molecular formula is C14H22O. The number of benzene rings is 1. The maximum absolute atomic E-state index is 5.16. The Morgan fingerprint density at radius 3 is 2.07 bits per heavy atom. The molecule has 84 valence electrons. The molecule has 1 nitrogen and oxygen atoms in total. The molecule has 0 heterocycles. The lowest BCUT2D eigenvalue weighted by atomic mass is 9.89. The normalized spacial score (nSPS) is 11.4. The van der Waals surface area contributed by atoms with Crippen LogP contribution < -0.4 is 0 Å². The average molecular weight is 206 g/mol. The summed E-state index contributed by atoms with van der Waals surface area (Å²) in [5.41, 5.74) is 4.19. The molecule has 15 heavy (non-hydrogen) atoms. The van der Waals surface area contributed by atoms with Crippen LogP contribution in [0, 0.1) is 0 Å². The molecule has 0 aromatic heterocycles. The predicted molar refractivity (Wildman–Crippen MR) is 65.3 cm³/mol. The predicted octanol–water partition coefficient (Wildman–Crippen LogP) is 4.08. The van der Waals surface area contributed by atoms with E-state index in [0.29, 0.717) is 18.4 Å². The van der Waals surface area contributed by atoms with Gasteiger partial charge < -0.3 is 4.74 Å². The minimum atomic E-state index is 0.583. The maximum atomic E-state index is 5.16. The molecule has 0 bridgehead atoms. The zero-order valence-corrected chi connectivity index (χ0v) is 10.5. The molecule has 0 N–H and O–H groups in total. The van der Waals surface area contributed by atoms with Gasteiger partial charge in [-0.05, 0) is 28.5 Å². The lowest BCUT2D eigenvalue weighted by Crippen LogP contribution is -2.00. The van der Waals surface area contributed by atoms with Crippen molar-refractivity contribution in [3.05, 3.63) is 34.9 Å². The van der Waals surface area contributed by atoms with Crippen molar-refractivity contribution in [3.8, 4) is 0 Å². The van der Waals surface area contributed by atoms with Crippen LogP contribution in [0.5, 0.6) is 0 Å².